The van der Waals surface area contributed by atoms with E-state index in [1.54, 1.807) is 12.1 Å². The van der Waals surface area contributed by atoms with Gasteiger partial charge >= 0.3 is 0 Å². The largest absolute Gasteiger partial charge is 0.467 e. The van der Waals surface area contributed by atoms with Gasteiger partial charge in [0.05, 0.1) is 29.9 Å². The summed E-state index contributed by atoms with van der Waals surface area (Å²) in [6.45, 7) is 0.240. The molecule has 0 fully saturated rings. The summed E-state index contributed by atoms with van der Waals surface area (Å²) >= 11 is 0. The Labute approximate surface area is 120 Å². The van der Waals surface area contributed by atoms with E-state index in [9.17, 15) is 10.1 Å². The SMILES string of the molecule is N#CC(C(=O)NCc1ccco1)c1nc2ccccc2[nH]1. The third-order valence-corrected chi connectivity index (χ3v) is 3.09. The van der Waals surface area contributed by atoms with Crippen molar-refractivity contribution in [3.8, 4) is 6.07 Å². The van der Waals surface area contributed by atoms with Crippen LogP contribution in [-0.2, 0) is 11.3 Å². The highest BCUT2D eigenvalue weighted by Crippen LogP contribution is 2.17. The zero-order valence-electron chi connectivity index (χ0n) is 11.0. The first-order chi connectivity index (χ1) is 10.3. The van der Waals surface area contributed by atoms with Crippen molar-refractivity contribution in [2.75, 3.05) is 0 Å². The van der Waals surface area contributed by atoms with Crippen LogP contribution in [0.15, 0.2) is 47.1 Å². The number of nitrogens with zero attached hydrogens (tertiary/aromatic N) is 2. The molecular formula is C15H12N4O2. The quantitative estimate of drug-likeness (QED) is 0.765. The third-order valence-electron chi connectivity index (χ3n) is 3.09. The molecule has 21 heavy (non-hydrogen) atoms. The van der Waals surface area contributed by atoms with Crippen LogP contribution in [0.5, 0.6) is 0 Å². The van der Waals surface area contributed by atoms with Crippen LogP contribution < -0.4 is 5.32 Å². The van der Waals surface area contributed by atoms with Gasteiger partial charge in [0.2, 0.25) is 5.91 Å². The Balaban J connectivity index is 1.77. The lowest BCUT2D eigenvalue weighted by atomic mass is 10.1. The Hall–Kier alpha value is -3.07. The molecule has 104 valence electrons. The fraction of sp³-hybridized carbons (Fsp3) is 0.133. The molecule has 6 nitrogen and oxygen atoms in total. The number of aromatic amines is 1. The molecule has 2 N–H and O–H groups in total. The number of furan rings is 1. The van der Waals surface area contributed by atoms with Gasteiger partial charge in [-0.05, 0) is 24.3 Å². The average Bonchev–Trinajstić information content (AvgIpc) is 3.15. The first-order valence-corrected chi connectivity index (χ1v) is 6.42. The number of aromatic nitrogens is 2. The number of H-pyrrole nitrogens is 1. The van der Waals surface area contributed by atoms with Gasteiger partial charge in [-0.2, -0.15) is 5.26 Å². The first-order valence-electron chi connectivity index (χ1n) is 6.42. The van der Waals surface area contributed by atoms with Gasteiger partial charge in [-0.25, -0.2) is 4.98 Å². The Morgan fingerprint density at radius 2 is 2.24 bits per heavy atom. The van der Waals surface area contributed by atoms with Gasteiger partial charge in [-0.1, -0.05) is 12.1 Å². The van der Waals surface area contributed by atoms with Crippen molar-refractivity contribution >= 4 is 16.9 Å². The molecule has 0 saturated carbocycles. The molecular weight excluding hydrogens is 268 g/mol. The van der Waals surface area contributed by atoms with Crippen LogP contribution in [0.4, 0.5) is 0 Å². The molecule has 1 atom stereocenters. The number of carbonyl (C=O) groups excluding carboxylic acids is 1. The minimum absolute atomic E-state index is 0.240. The summed E-state index contributed by atoms with van der Waals surface area (Å²) in [5.41, 5.74) is 1.53. The highest BCUT2D eigenvalue weighted by atomic mass is 16.3. The second-order valence-electron chi connectivity index (χ2n) is 4.50. The lowest BCUT2D eigenvalue weighted by Crippen LogP contribution is -2.28. The highest BCUT2D eigenvalue weighted by molar-refractivity contribution is 5.86. The van der Waals surface area contributed by atoms with Crippen molar-refractivity contribution in [3.63, 3.8) is 0 Å². The number of para-hydroxylation sites is 2. The normalized spacial score (nSPS) is 12.0. The fourth-order valence-corrected chi connectivity index (χ4v) is 2.04. The zero-order valence-corrected chi connectivity index (χ0v) is 11.0. The Morgan fingerprint density at radius 3 is 2.95 bits per heavy atom. The van der Waals surface area contributed by atoms with Gasteiger partial charge < -0.3 is 14.7 Å². The first kappa shape index (κ1) is 12.9. The van der Waals surface area contributed by atoms with E-state index in [1.165, 1.54) is 6.26 Å². The maximum atomic E-state index is 12.1. The molecule has 0 spiro atoms. The molecule has 0 aliphatic rings. The van der Waals surface area contributed by atoms with Crippen molar-refractivity contribution in [2.45, 2.75) is 12.5 Å². The number of nitriles is 1. The molecule has 1 unspecified atom stereocenters. The second-order valence-corrected chi connectivity index (χ2v) is 4.50. The summed E-state index contributed by atoms with van der Waals surface area (Å²) in [4.78, 5) is 19.4. The molecule has 0 aliphatic carbocycles. The number of nitrogens with one attached hydrogen (secondary N) is 2. The molecule has 2 heterocycles. The number of hydrogen-bond donors (Lipinski definition) is 2. The Bertz CT molecular complexity index is 766. The van der Waals surface area contributed by atoms with Gasteiger partial charge in [-0.3, -0.25) is 4.79 Å². The van der Waals surface area contributed by atoms with Gasteiger partial charge in [0.1, 0.15) is 11.6 Å². The number of carbonyl (C=O) groups is 1. The zero-order chi connectivity index (χ0) is 14.7. The van der Waals surface area contributed by atoms with Gasteiger partial charge in [0.25, 0.3) is 0 Å². The van der Waals surface area contributed by atoms with Crippen LogP contribution in [0.1, 0.15) is 17.5 Å². The van der Waals surface area contributed by atoms with Crippen LogP contribution in [0, 0.1) is 11.3 Å². The average molecular weight is 280 g/mol. The molecule has 0 saturated heterocycles. The van der Waals surface area contributed by atoms with Crippen molar-refractivity contribution < 1.29 is 9.21 Å². The van der Waals surface area contributed by atoms with Crippen LogP contribution >= 0.6 is 0 Å². The fourth-order valence-electron chi connectivity index (χ4n) is 2.04. The minimum Gasteiger partial charge on any atom is -0.467 e. The summed E-state index contributed by atoms with van der Waals surface area (Å²) < 4.78 is 5.13. The summed E-state index contributed by atoms with van der Waals surface area (Å²) in [6.07, 6.45) is 1.53. The number of amides is 1. The van der Waals surface area contributed by atoms with Crippen molar-refractivity contribution in [1.82, 2.24) is 15.3 Å². The summed E-state index contributed by atoms with van der Waals surface area (Å²) in [6, 6.07) is 12.9. The topological polar surface area (TPSA) is 94.7 Å². The third kappa shape index (κ3) is 2.62. The Kier molecular flexibility index (Phi) is 3.39. The molecule has 2 aromatic heterocycles. The summed E-state index contributed by atoms with van der Waals surface area (Å²) in [7, 11) is 0. The van der Waals surface area contributed by atoms with E-state index in [4.69, 9.17) is 4.42 Å². The van der Waals surface area contributed by atoms with E-state index in [0.29, 0.717) is 11.6 Å². The maximum Gasteiger partial charge on any atom is 0.245 e. The smallest absolute Gasteiger partial charge is 0.245 e. The molecule has 1 amide bonds. The molecule has 6 heteroatoms. The molecule has 0 bridgehead atoms. The highest BCUT2D eigenvalue weighted by Gasteiger charge is 2.23. The van der Waals surface area contributed by atoms with Gasteiger partial charge in [0.15, 0.2) is 5.92 Å². The molecule has 0 radical (unpaired) electrons. The van der Waals surface area contributed by atoms with E-state index in [1.807, 2.05) is 30.3 Å². The van der Waals surface area contributed by atoms with Crippen LogP contribution in [0.3, 0.4) is 0 Å². The predicted octanol–water partition coefficient (Wildman–Crippen LogP) is 2.08. The Morgan fingerprint density at radius 1 is 1.38 bits per heavy atom. The lowest BCUT2D eigenvalue weighted by molar-refractivity contribution is -0.121. The lowest BCUT2D eigenvalue weighted by Gasteiger charge is -2.06. The molecule has 0 aliphatic heterocycles. The second kappa shape index (κ2) is 5.51. The van der Waals surface area contributed by atoms with Crippen molar-refractivity contribution in [3.05, 3.63) is 54.2 Å². The van der Waals surface area contributed by atoms with Crippen LogP contribution in [0.25, 0.3) is 11.0 Å². The van der Waals surface area contributed by atoms with E-state index >= 15 is 0 Å². The number of imidazole rings is 1. The van der Waals surface area contributed by atoms with Crippen molar-refractivity contribution in [2.24, 2.45) is 0 Å². The summed E-state index contributed by atoms with van der Waals surface area (Å²) in [5.74, 6) is -0.416. The summed E-state index contributed by atoms with van der Waals surface area (Å²) in [5, 5.41) is 11.9. The monoisotopic (exact) mass is 280 g/mol. The van der Waals surface area contributed by atoms with Gasteiger partial charge in [-0.15, -0.1) is 0 Å². The molecule has 3 aromatic rings. The van der Waals surface area contributed by atoms with Crippen LogP contribution in [0.2, 0.25) is 0 Å². The predicted molar refractivity (Wildman–Crippen MR) is 75.0 cm³/mol. The van der Waals surface area contributed by atoms with Crippen LogP contribution in [-0.4, -0.2) is 15.9 Å². The van der Waals surface area contributed by atoms with E-state index in [-0.39, 0.29) is 6.54 Å². The number of benzene rings is 1. The standard InChI is InChI=1S/C15H12N4O2/c16-8-11(15(20)17-9-10-4-3-7-21-10)14-18-12-5-1-2-6-13(12)19-14/h1-7,11H,9H2,(H,17,20)(H,18,19). The van der Waals surface area contributed by atoms with E-state index in [0.717, 1.165) is 11.0 Å². The van der Waals surface area contributed by atoms with E-state index in [2.05, 4.69) is 15.3 Å². The minimum atomic E-state index is -0.979. The molecule has 1 aromatic carbocycles. The number of hydrogen-bond acceptors (Lipinski definition) is 4. The van der Waals surface area contributed by atoms with Crippen molar-refractivity contribution in [1.29, 1.82) is 5.26 Å². The number of rotatable bonds is 4. The molecule has 3 rings (SSSR count). The number of fused-ring (bicyclic) bond motifs is 1. The van der Waals surface area contributed by atoms with Gasteiger partial charge in [0, 0.05) is 0 Å². The maximum absolute atomic E-state index is 12.1. The van der Waals surface area contributed by atoms with E-state index < -0.39 is 11.8 Å².